The predicted octanol–water partition coefficient (Wildman–Crippen LogP) is 6.99. The number of nitrogens with zero attached hydrogens (tertiary/aromatic N) is 2. The number of hydrogen-bond acceptors (Lipinski definition) is 3. The Morgan fingerprint density at radius 2 is 1.76 bits per heavy atom. The minimum atomic E-state index is -0.229. The molecule has 0 radical (unpaired) electrons. The standard InChI is InChI=1S/C27H25Cl2N3O2/c1-17-7-10-25(18(2)11-17)34-16-21-5-4-6-22(13-21)27(33)30-26-12-19(3)32(31-26)15-20-8-9-23(28)24(29)14-20/h4-14H,15-16H2,1-3H3,(H,30,31,33). The zero-order valence-electron chi connectivity index (χ0n) is 19.2. The van der Waals surface area contributed by atoms with Crippen molar-refractivity contribution in [2.24, 2.45) is 0 Å². The average Bonchev–Trinajstić information content (AvgIpc) is 3.14. The number of carbonyl (C=O) groups excluding carboxylic acids is 1. The van der Waals surface area contributed by atoms with Crippen LogP contribution in [0.2, 0.25) is 10.0 Å². The SMILES string of the molecule is Cc1ccc(OCc2cccc(C(=O)Nc3cc(C)n(Cc4ccc(Cl)c(Cl)c4)n3)c2)c(C)c1. The summed E-state index contributed by atoms with van der Waals surface area (Å²) in [6, 6.07) is 20.8. The van der Waals surface area contributed by atoms with Gasteiger partial charge in [0.15, 0.2) is 5.82 Å². The number of aryl methyl sites for hydroxylation is 3. The summed E-state index contributed by atoms with van der Waals surface area (Å²) in [5.74, 6) is 1.09. The highest BCUT2D eigenvalue weighted by molar-refractivity contribution is 6.42. The van der Waals surface area contributed by atoms with E-state index in [0.717, 1.165) is 28.1 Å². The molecule has 1 N–H and O–H groups in total. The summed E-state index contributed by atoms with van der Waals surface area (Å²) in [5.41, 5.74) is 5.61. The Balaban J connectivity index is 1.41. The Labute approximate surface area is 209 Å². The lowest BCUT2D eigenvalue weighted by atomic mass is 10.1. The average molecular weight is 494 g/mol. The molecule has 5 nitrogen and oxygen atoms in total. The van der Waals surface area contributed by atoms with Gasteiger partial charge in [-0.15, -0.1) is 0 Å². The molecule has 1 heterocycles. The van der Waals surface area contributed by atoms with Gasteiger partial charge in [0.1, 0.15) is 12.4 Å². The number of anilines is 1. The van der Waals surface area contributed by atoms with Crippen LogP contribution in [0, 0.1) is 20.8 Å². The van der Waals surface area contributed by atoms with E-state index in [-0.39, 0.29) is 5.91 Å². The smallest absolute Gasteiger partial charge is 0.256 e. The fourth-order valence-electron chi connectivity index (χ4n) is 3.66. The number of halogens is 2. The van der Waals surface area contributed by atoms with Crippen LogP contribution in [0.3, 0.4) is 0 Å². The summed E-state index contributed by atoms with van der Waals surface area (Å²) in [4.78, 5) is 12.9. The van der Waals surface area contributed by atoms with Gasteiger partial charge in [-0.25, -0.2) is 0 Å². The molecule has 7 heteroatoms. The Morgan fingerprint density at radius 1 is 0.941 bits per heavy atom. The third-order valence-electron chi connectivity index (χ3n) is 5.45. The molecule has 0 saturated heterocycles. The molecular formula is C27H25Cl2N3O2. The predicted molar refractivity (Wildman–Crippen MR) is 137 cm³/mol. The van der Waals surface area contributed by atoms with Crippen LogP contribution in [0.5, 0.6) is 5.75 Å². The maximum absolute atomic E-state index is 12.9. The lowest BCUT2D eigenvalue weighted by Crippen LogP contribution is -2.13. The highest BCUT2D eigenvalue weighted by Gasteiger charge is 2.12. The first-order chi connectivity index (χ1) is 16.3. The maximum atomic E-state index is 12.9. The summed E-state index contributed by atoms with van der Waals surface area (Å²) in [5, 5.41) is 8.42. The van der Waals surface area contributed by atoms with Crippen LogP contribution < -0.4 is 10.1 Å². The van der Waals surface area contributed by atoms with E-state index >= 15 is 0 Å². The van der Waals surface area contributed by atoms with Crippen molar-refractivity contribution in [3.05, 3.63) is 110 Å². The van der Waals surface area contributed by atoms with Crippen molar-refractivity contribution in [1.29, 1.82) is 0 Å². The van der Waals surface area contributed by atoms with Crippen molar-refractivity contribution in [1.82, 2.24) is 9.78 Å². The second-order valence-corrected chi connectivity index (χ2v) is 9.10. The van der Waals surface area contributed by atoms with Gasteiger partial charge in [0.25, 0.3) is 5.91 Å². The number of rotatable bonds is 7. The summed E-state index contributed by atoms with van der Waals surface area (Å²) in [6.07, 6.45) is 0. The fraction of sp³-hybridized carbons (Fsp3) is 0.185. The lowest BCUT2D eigenvalue weighted by Gasteiger charge is -2.11. The molecule has 0 aliphatic rings. The first kappa shape index (κ1) is 23.9. The van der Waals surface area contributed by atoms with Crippen LogP contribution in [0.25, 0.3) is 0 Å². The van der Waals surface area contributed by atoms with Gasteiger partial charge in [0.05, 0.1) is 16.6 Å². The van der Waals surface area contributed by atoms with E-state index in [1.54, 1.807) is 12.1 Å². The maximum Gasteiger partial charge on any atom is 0.256 e. The van der Waals surface area contributed by atoms with E-state index in [1.165, 1.54) is 5.56 Å². The zero-order chi connectivity index (χ0) is 24.2. The molecule has 1 amide bonds. The molecule has 0 aliphatic heterocycles. The summed E-state index contributed by atoms with van der Waals surface area (Å²) in [6.45, 7) is 6.91. The molecular weight excluding hydrogens is 469 g/mol. The highest BCUT2D eigenvalue weighted by Crippen LogP contribution is 2.24. The van der Waals surface area contributed by atoms with Gasteiger partial charge in [-0.3, -0.25) is 9.48 Å². The van der Waals surface area contributed by atoms with Gasteiger partial charge in [-0.05, 0) is 67.8 Å². The van der Waals surface area contributed by atoms with Crippen LogP contribution >= 0.6 is 23.2 Å². The molecule has 34 heavy (non-hydrogen) atoms. The second-order valence-electron chi connectivity index (χ2n) is 8.29. The van der Waals surface area contributed by atoms with E-state index in [0.29, 0.717) is 34.6 Å². The van der Waals surface area contributed by atoms with Crippen molar-refractivity contribution in [2.75, 3.05) is 5.32 Å². The fourth-order valence-corrected chi connectivity index (χ4v) is 3.98. The molecule has 0 bridgehead atoms. The molecule has 0 spiro atoms. The summed E-state index contributed by atoms with van der Waals surface area (Å²) in [7, 11) is 0. The first-order valence-corrected chi connectivity index (χ1v) is 11.6. The van der Waals surface area contributed by atoms with E-state index < -0.39 is 0 Å². The minimum absolute atomic E-state index is 0.229. The molecule has 0 fully saturated rings. The van der Waals surface area contributed by atoms with Gasteiger partial charge in [-0.1, -0.05) is 59.1 Å². The molecule has 0 unspecified atom stereocenters. The molecule has 4 aromatic rings. The van der Waals surface area contributed by atoms with E-state index in [2.05, 4.69) is 23.4 Å². The van der Waals surface area contributed by atoms with Gasteiger partial charge in [0, 0.05) is 17.3 Å². The Kier molecular flexibility index (Phi) is 7.25. The van der Waals surface area contributed by atoms with Gasteiger partial charge < -0.3 is 10.1 Å². The number of hydrogen-bond donors (Lipinski definition) is 1. The minimum Gasteiger partial charge on any atom is -0.489 e. The Bertz CT molecular complexity index is 1350. The van der Waals surface area contributed by atoms with Crippen molar-refractivity contribution in [3.8, 4) is 5.75 Å². The van der Waals surface area contributed by atoms with Crippen LogP contribution in [-0.2, 0) is 13.2 Å². The molecule has 1 aromatic heterocycles. The van der Waals surface area contributed by atoms with Crippen LogP contribution in [0.1, 0.15) is 38.3 Å². The molecule has 3 aromatic carbocycles. The molecule has 0 aliphatic carbocycles. The van der Waals surface area contributed by atoms with E-state index in [4.69, 9.17) is 27.9 Å². The number of amides is 1. The van der Waals surface area contributed by atoms with Crippen molar-refractivity contribution in [3.63, 3.8) is 0 Å². The van der Waals surface area contributed by atoms with E-state index in [1.807, 2.05) is 67.1 Å². The van der Waals surface area contributed by atoms with Gasteiger partial charge >= 0.3 is 0 Å². The van der Waals surface area contributed by atoms with Gasteiger partial charge in [0.2, 0.25) is 0 Å². The normalized spacial score (nSPS) is 10.9. The topological polar surface area (TPSA) is 56.1 Å². The molecule has 4 rings (SSSR count). The number of benzene rings is 3. The quantitative estimate of drug-likeness (QED) is 0.301. The monoisotopic (exact) mass is 493 g/mol. The third-order valence-corrected chi connectivity index (χ3v) is 6.19. The third kappa shape index (κ3) is 5.79. The number of carbonyl (C=O) groups is 1. The summed E-state index contributed by atoms with van der Waals surface area (Å²) >= 11 is 12.1. The van der Waals surface area contributed by atoms with Crippen molar-refractivity contribution in [2.45, 2.75) is 33.9 Å². The van der Waals surface area contributed by atoms with E-state index in [9.17, 15) is 4.79 Å². The number of aromatic nitrogens is 2. The lowest BCUT2D eigenvalue weighted by molar-refractivity contribution is 0.102. The first-order valence-electron chi connectivity index (χ1n) is 10.9. The molecule has 0 atom stereocenters. The summed E-state index contributed by atoms with van der Waals surface area (Å²) < 4.78 is 7.77. The number of nitrogens with one attached hydrogen (secondary N) is 1. The van der Waals surface area contributed by atoms with Crippen LogP contribution in [-0.4, -0.2) is 15.7 Å². The Hall–Kier alpha value is -3.28. The largest absolute Gasteiger partial charge is 0.489 e. The highest BCUT2D eigenvalue weighted by atomic mass is 35.5. The Morgan fingerprint density at radius 3 is 2.53 bits per heavy atom. The molecule has 0 saturated carbocycles. The van der Waals surface area contributed by atoms with Crippen LogP contribution in [0.15, 0.2) is 66.7 Å². The zero-order valence-corrected chi connectivity index (χ0v) is 20.7. The van der Waals surface area contributed by atoms with Crippen molar-refractivity contribution < 1.29 is 9.53 Å². The second kappa shape index (κ2) is 10.3. The van der Waals surface area contributed by atoms with Crippen molar-refractivity contribution >= 4 is 34.9 Å². The van der Waals surface area contributed by atoms with Crippen LogP contribution in [0.4, 0.5) is 5.82 Å². The van der Waals surface area contributed by atoms with Gasteiger partial charge in [-0.2, -0.15) is 5.10 Å². The molecule has 174 valence electrons. The number of ether oxygens (including phenoxy) is 1.